The number of aromatic nitrogens is 2. The van der Waals surface area contributed by atoms with Crippen molar-refractivity contribution in [3.8, 4) is 0 Å². The molecule has 0 aromatic carbocycles. The standard InChI is InChI=1S/C11H19N3O3/c1-6(5-15)7(2)12-10-9(11(16)17)8(3)13-14(10)4/h6-7,12,15H,5H2,1-4H3,(H,16,17). The zero-order valence-corrected chi connectivity index (χ0v) is 10.6. The van der Waals surface area contributed by atoms with Gasteiger partial charge in [-0.05, 0) is 19.8 Å². The molecule has 1 rings (SSSR count). The average molecular weight is 241 g/mol. The van der Waals surface area contributed by atoms with Gasteiger partial charge in [-0.15, -0.1) is 0 Å². The Morgan fingerprint density at radius 2 is 2.12 bits per heavy atom. The molecule has 6 nitrogen and oxygen atoms in total. The number of rotatable bonds is 5. The van der Waals surface area contributed by atoms with Crippen LogP contribution < -0.4 is 5.32 Å². The van der Waals surface area contributed by atoms with E-state index in [2.05, 4.69) is 10.4 Å². The monoisotopic (exact) mass is 241 g/mol. The van der Waals surface area contributed by atoms with Crippen LogP contribution in [-0.2, 0) is 7.05 Å². The van der Waals surface area contributed by atoms with Gasteiger partial charge < -0.3 is 15.5 Å². The van der Waals surface area contributed by atoms with E-state index in [0.717, 1.165) is 0 Å². The molecule has 0 fully saturated rings. The summed E-state index contributed by atoms with van der Waals surface area (Å²) in [5, 5.41) is 25.4. The minimum Gasteiger partial charge on any atom is -0.477 e. The van der Waals surface area contributed by atoms with E-state index < -0.39 is 5.97 Å². The van der Waals surface area contributed by atoms with E-state index in [-0.39, 0.29) is 24.1 Å². The number of aryl methyl sites for hydroxylation is 2. The van der Waals surface area contributed by atoms with Crippen molar-refractivity contribution in [2.75, 3.05) is 11.9 Å². The fraction of sp³-hybridized carbons (Fsp3) is 0.636. The Morgan fingerprint density at radius 3 is 2.59 bits per heavy atom. The smallest absolute Gasteiger partial charge is 0.341 e. The van der Waals surface area contributed by atoms with Crippen LogP contribution in [0.1, 0.15) is 29.9 Å². The quantitative estimate of drug-likeness (QED) is 0.711. The molecule has 0 saturated heterocycles. The minimum absolute atomic E-state index is 0.0341. The van der Waals surface area contributed by atoms with Gasteiger partial charge in [0.25, 0.3) is 0 Å². The van der Waals surface area contributed by atoms with E-state index >= 15 is 0 Å². The van der Waals surface area contributed by atoms with Crippen LogP contribution >= 0.6 is 0 Å². The van der Waals surface area contributed by atoms with Crippen molar-refractivity contribution < 1.29 is 15.0 Å². The fourth-order valence-corrected chi connectivity index (χ4v) is 1.60. The molecule has 0 spiro atoms. The Bertz CT molecular complexity index is 414. The molecule has 1 heterocycles. The van der Waals surface area contributed by atoms with Gasteiger partial charge in [0.15, 0.2) is 0 Å². The second kappa shape index (κ2) is 5.18. The lowest BCUT2D eigenvalue weighted by Gasteiger charge is -2.20. The lowest BCUT2D eigenvalue weighted by Crippen LogP contribution is -2.28. The van der Waals surface area contributed by atoms with Crippen molar-refractivity contribution in [3.63, 3.8) is 0 Å². The molecule has 1 aromatic rings. The second-order valence-electron chi connectivity index (χ2n) is 4.33. The Kier molecular flexibility index (Phi) is 4.11. The predicted molar refractivity (Wildman–Crippen MR) is 64.2 cm³/mol. The summed E-state index contributed by atoms with van der Waals surface area (Å²) in [6, 6.07) is -0.0344. The summed E-state index contributed by atoms with van der Waals surface area (Å²) in [6.07, 6.45) is 0. The molecule has 0 amide bonds. The molecular weight excluding hydrogens is 222 g/mol. The van der Waals surface area contributed by atoms with Crippen LogP contribution in [0.15, 0.2) is 0 Å². The van der Waals surface area contributed by atoms with Crippen LogP contribution in [0.4, 0.5) is 5.82 Å². The van der Waals surface area contributed by atoms with Crippen molar-refractivity contribution in [2.24, 2.45) is 13.0 Å². The van der Waals surface area contributed by atoms with Crippen molar-refractivity contribution in [3.05, 3.63) is 11.3 Å². The van der Waals surface area contributed by atoms with Crippen LogP contribution in [-0.4, -0.2) is 38.6 Å². The normalized spacial score (nSPS) is 14.4. The summed E-state index contributed by atoms with van der Waals surface area (Å²) in [4.78, 5) is 11.1. The Morgan fingerprint density at radius 1 is 1.53 bits per heavy atom. The third-order valence-corrected chi connectivity index (χ3v) is 2.94. The SMILES string of the molecule is Cc1nn(C)c(NC(C)C(C)CO)c1C(=O)O. The average Bonchev–Trinajstić information content (AvgIpc) is 2.52. The maximum atomic E-state index is 11.1. The molecule has 1 aromatic heterocycles. The number of aliphatic hydroxyl groups excluding tert-OH is 1. The van der Waals surface area contributed by atoms with Crippen LogP contribution in [0.5, 0.6) is 0 Å². The Balaban J connectivity index is 3.01. The molecule has 2 atom stereocenters. The molecule has 0 aliphatic carbocycles. The van der Waals surface area contributed by atoms with Crippen LogP contribution in [0, 0.1) is 12.8 Å². The van der Waals surface area contributed by atoms with Gasteiger partial charge in [0.05, 0.1) is 5.69 Å². The van der Waals surface area contributed by atoms with E-state index in [1.54, 1.807) is 14.0 Å². The first-order valence-corrected chi connectivity index (χ1v) is 5.52. The highest BCUT2D eigenvalue weighted by Gasteiger charge is 2.22. The number of carbonyl (C=O) groups is 1. The van der Waals surface area contributed by atoms with Gasteiger partial charge in [-0.1, -0.05) is 6.92 Å². The van der Waals surface area contributed by atoms with Gasteiger partial charge in [0.2, 0.25) is 0 Å². The highest BCUT2D eigenvalue weighted by Crippen LogP contribution is 2.20. The molecule has 0 bridgehead atoms. The van der Waals surface area contributed by atoms with Gasteiger partial charge in [-0.3, -0.25) is 4.68 Å². The zero-order chi connectivity index (χ0) is 13.2. The Hall–Kier alpha value is -1.56. The molecule has 96 valence electrons. The molecule has 3 N–H and O–H groups in total. The van der Waals surface area contributed by atoms with Crippen LogP contribution in [0.3, 0.4) is 0 Å². The number of hydrogen-bond acceptors (Lipinski definition) is 4. The molecule has 0 aliphatic rings. The fourth-order valence-electron chi connectivity index (χ4n) is 1.60. The van der Waals surface area contributed by atoms with E-state index in [9.17, 15) is 4.79 Å². The Labute approximate surface area is 100 Å². The molecule has 0 radical (unpaired) electrons. The highest BCUT2D eigenvalue weighted by atomic mass is 16.4. The van der Waals surface area contributed by atoms with Gasteiger partial charge in [-0.2, -0.15) is 5.10 Å². The maximum Gasteiger partial charge on any atom is 0.341 e. The number of nitrogens with one attached hydrogen (secondary N) is 1. The number of carboxylic acids is 1. The number of nitrogens with zero attached hydrogens (tertiary/aromatic N) is 2. The third kappa shape index (κ3) is 2.76. The lowest BCUT2D eigenvalue weighted by molar-refractivity contribution is 0.0697. The summed E-state index contributed by atoms with van der Waals surface area (Å²) in [6.45, 7) is 5.50. The van der Waals surface area contributed by atoms with Gasteiger partial charge in [0, 0.05) is 19.7 Å². The number of anilines is 1. The van der Waals surface area contributed by atoms with Crippen LogP contribution in [0.25, 0.3) is 0 Å². The first-order valence-electron chi connectivity index (χ1n) is 5.52. The summed E-state index contributed by atoms with van der Waals surface area (Å²) < 4.78 is 1.51. The number of aromatic carboxylic acids is 1. The molecule has 0 saturated carbocycles. The summed E-state index contributed by atoms with van der Waals surface area (Å²) in [5.74, 6) is -0.489. The van der Waals surface area contributed by atoms with Crippen molar-refractivity contribution in [1.82, 2.24) is 9.78 Å². The maximum absolute atomic E-state index is 11.1. The number of aliphatic hydroxyl groups is 1. The van der Waals surface area contributed by atoms with Crippen LogP contribution in [0.2, 0.25) is 0 Å². The van der Waals surface area contributed by atoms with E-state index in [0.29, 0.717) is 11.5 Å². The number of hydrogen-bond donors (Lipinski definition) is 3. The van der Waals surface area contributed by atoms with Gasteiger partial charge >= 0.3 is 5.97 Å². The predicted octanol–water partition coefficient (Wildman–Crippen LogP) is 0.856. The van der Waals surface area contributed by atoms with Gasteiger partial charge in [0.1, 0.15) is 11.4 Å². The van der Waals surface area contributed by atoms with Crippen molar-refractivity contribution in [1.29, 1.82) is 0 Å². The zero-order valence-electron chi connectivity index (χ0n) is 10.6. The highest BCUT2D eigenvalue weighted by molar-refractivity contribution is 5.94. The third-order valence-electron chi connectivity index (χ3n) is 2.94. The van der Waals surface area contributed by atoms with E-state index in [1.165, 1.54) is 4.68 Å². The minimum atomic E-state index is -0.998. The second-order valence-corrected chi connectivity index (χ2v) is 4.33. The van der Waals surface area contributed by atoms with Crippen molar-refractivity contribution in [2.45, 2.75) is 26.8 Å². The van der Waals surface area contributed by atoms with Gasteiger partial charge in [-0.25, -0.2) is 4.79 Å². The first kappa shape index (κ1) is 13.5. The van der Waals surface area contributed by atoms with Crippen molar-refractivity contribution >= 4 is 11.8 Å². The summed E-state index contributed by atoms with van der Waals surface area (Å²) >= 11 is 0. The molecule has 6 heteroatoms. The first-order chi connectivity index (χ1) is 7.88. The van der Waals surface area contributed by atoms with E-state index in [4.69, 9.17) is 10.2 Å². The topological polar surface area (TPSA) is 87.4 Å². The number of carboxylic acid groups (broad SMARTS) is 1. The molecular formula is C11H19N3O3. The molecule has 0 aliphatic heterocycles. The largest absolute Gasteiger partial charge is 0.477 e. The molecule has 17 heavy (non-hydrogen) atoms. The summed E-state index contributed by atoms with van der Waals surface area (Å²) in [7, 11) is 1.69. The van der Waals surface area contributed by atoms with E-state index in [1.807, 2.05) is 13.8 Å². The lowest BCUT2D eigenvalue weighted by atomic mass is 10.1. The summed E-state index contributed by atoms with van der Waals surface area (Å²) in [5.41, 5.74) is 0.663. The molecule has 2 unspecified atom stereocenters.